The first-order chi connectivity index (χ1) is 23.7. The number of nitrogens with one attached hydrogen (secondary N) is 1. The average molecular weight is 732 g/mol. The van der Waals surface area contributed by atoms with E-state index in [4.69, 9.17) is 9.05 Å². The Kier molecular flexibility index (Phi) is 8.39. The van der Waals surface area contributed by atoms with Gasteiger partial charge in [-0.15, -0.1) is 0 Å². The smallest absolute Gasteiger partial charge is 0.403 e. The first-order valence-corrected chi connectivity index (χ1v) is 18.9. The molecule has 3 aliphatic carbocycles. The van der Waals surface area contributed by atoms with Crippen LogP contribution in [0.15, 0.2) is 66.4 Å². The second-order valence-corrected chi connectivity index (χ2v) is 16.2. The molecule has 1 aliphatic heterocycles. The molecule has 0 radical (unpaired) electrons. The lowest BCUT2D eigenvalue weighted by atomic mass is 9.67. The van der Waals surface area contributed by atoms with Gasteiger partial charge in [-0.25, -0.2) is 13.0 Å². The molecule has 12 nitrogen and oxygen atoms in total. The van der Waals surface area contributed by atoms with Gasteiger partial charge in [-0.1, -0.05) is 23.4 Å². The summed E-state index contributed by atoms with van der Waals surface area (Å²) in [5.74, 6) is -0.697. The Morgan fingerprint density at radius 1 is 0.840 bits per heavy atom. The second-order valence-electron chi connectivity index (χ2n) is 12.7. The van der Waals surface area contributed by atoms with Crippen LogP contribution >= 0.6 is 7.75 Å². The highest BCUT2D eigenvalue weighted by molar-refractivity contribution is 7.95. The molecule has 4 aliphatic rings. The van der Waals surface area contributed by atoms with Gasteiger partial charge < -0.3 is 9.05 Å². The number of hydrogen-bond acceptors (Lipinski definition) is 9. The largest absolute Gasteiger partial charge is 0.526 e. The van der Waals surface area contributed by atoms with Crippen molar-refractivity contribution in [2.75, 3.05) is 0 Å². The van der Waals surface area contributed by atoms with Gasteiger partial charge >= 0.3 is 23.3 Å². The van der Waals surface area contributed by atoms with Crippen LogP contribution in [-0.2, 0) is 32.0 Å². The van der Waals surface area contributed by atoms with Gasteiger partial charge in [-0.2, -0.15) is 13.2 Å². The third-order valence-corrected chi connectivity index (χ3v) is 13.0. The number of rotatable bonds is 6. The summed E-state index contributed by atoms with van der Waals surface area (Å²) in [4.78, 5) is 21.7. The molecule has 1 saturated carbocycles. The zero-order valence-electron chi connectivity index (χ0n) is 26.1. The predicted molar refractivity (Wildman–Crippen MR) is 176 cm³/mol. The Labute approximate surface area is 283 Å². The monoisotopic (exact) mass is 731 g/mol. The highest BCUT2D eigenvalue weighted by Crippen LogP contribution is 2.63. The fourth-order valence-corrected chi connectivity index (χ4v) is 10.2. The fourth-order valence-electron chi connectivity index (χ4n) is 7.45. The molecule has 0 amide bonds. The first kappa shape index (κ1) is 33.9. The van der Waals surface area contributed by atoms with Crippen LogP contribution in [0.25, 0.3) is 22.3 Å². The van der Waals surface area contributed by atoms with Gasteiger partial charge in [-0.3, -0.25) is 20.2 Å². The lowest BCUT2D eigenvalue weighted by Gasteiger charge is -2.38. The summed E-state index contributed by atoms with van der Waals surface area (Å²) in [6.07, 6.45) is 7.65. The van der Waals surface area contributed by atoms with Gasteiger partial charge in [0, 0.05) is 46.5 Å². The number of alkyl halides is 3. The van der Waals surface area contributed by atoms with E-state index in [1.165, 1.54) is 53.0 Å². The minimum atomic E-state index is -6.30. The number of hydrogen-bond donors (Lipinski definition) is 1. The topological polar surface area (TPSA) is 168 Å². The highest BCUT2D eigenvalue weighted by Gasteiger charge is 2.54. The fraction of sp³-hybridized carbons (Fsp3) is 0.333. The van der Waals surface area contributed by atoms with Gasteiger partial charge in [0.05, 0.1) is 9.85 Å². The van der Waals surface area contributed by atoms with E-state index < -0.39 is 33.1 Å². The summed E-state index contributed by atoms with van der Waals surface area (Å²) >= 11 is 0. The van der Waals surface area contributed by atoms with E-state index in [1.807, 2.05) is 6.08 Å². The maximum atomic E-state index is 14.6. The van der Waals surface area contributed by atoms with Gasteiger partial charge in [0.1, 0.15) is 11.5 Å². The van der Waals surface area contributed by atoms with E-state index >= 15 is 0 Å². The number of aryl methyl sites for hydroxylation is 1. The molecule has 0 bridgehead atoms. The Morgan fingerprint density at radius 2 is 1.44 bits per heavy atom. The minimum absolute atomic E-state index is 0.115. The molecule has 1 fully saturated rings. The Balaban J connectivity index is 1.55. The van der Waals surface area contributed by atoms with E-state index in [-0.39, 0.29) is 45.9 Å². The molecule has 3 aromatic rings. The molecule has 1 N–H and O–H groups in total. The van der Waals surface area contributed by atoms with Gasteiger partial charge in [0.25, 0.3) is 11.4 Å². The van der Waals surface area contributed by atoms with Crippen molar-refractivity contribution in [2.24, 2.45) is 11.8 Å². The molecule has 7 rings (SSSR count). The third-order valence-electron chi connectivity index (χ3n) is 9.67. The summed E-state index contributed by atoms with van der Waals surface area (Å²) in [6.45, 7) is 0. The zero-order chi connectivity index (χ0) is 35.6. The summed E-state index contributed by atoms with van der Waals surface area (Å²) in [7, 11) is -11.8. The van der Waals surface area contributed by atoms with Crippen LogP contribution < -0.4 is 9.02 Å². The lowest BCUT2D eigenvalue weighted by molar-refractivity contribution is -0.385. The SMILES string of the molecule is O=[N+]([O-])c1ccc(C2=CC3CCCCC3C3=C2OP(=O)(NS(=O)(=O)C(F)(F)F)Oc2c(-c4ccc([N+](=O)[O-])cc4)cc4c(c23)CCCC4)cc1. The second kappa shape index (κ2) is 12.4. The van der Waals surface area contributed by atoms with Crippen molar-refractivity contribution >= 4 is 40.3 Å². The van der Waals surface area contributed by atoms with Crippen molar-refractivity contribution in [1.82, 2.24) is 4.49 Å². The van der Waals surface area contributed by atoms with Crippen molar-refractivity contribution < 1.29 is 45.0 Å². The van der Waals surface area contributed by atoms with Gasteiger partial charge in [0.15, 0.2) is 0 Å². The molecular weight excluding hydrogens is 702 g/mol. The quantitative estimate of drug-likeness (QED) is 0.148. The van der Waals surface area contributed by atoms with Crippen LogP contribution in [0, 0.1) is 32.1 Å². The number of nitrogens with zero attached hydrogens (tertiary/aromatic N) is 2. The van der Waals surface area contributed by atoms with Crippen molar-refractivity contribution in [2.45, 2.75) is 56.9 Å². The Morgan fingerprint density at radius 3 is 2.06 bits per heavy atom. The standard InChI is InChI=1S/C33H29F3N3O9PS/c34-33(35,36)50(45,46)37-49(44)47-31-27(19-9-13-23(14-10-19)38(40)41)17-21-5-1-3-7-25(21)29(31)30-26-8-4-2-6-22(26)18-28(32(30)48-49)20-11-15-24(16-12-20)39(42)43/h9-18,21,25H,1-8H2,(H,37,44). The zero-order valence-corrected chi connectivity index (χ0v) is 27.9. The number of sulfonamides is 1. The minimum Gasteiger partial charge on any atom is -0.403 e. The van der Waals surface area contributed by atoms with Gasteiger partial charge in [-0.05, 0) is 103 Å². The molecule has 0 saturated heterocycles. The highest BCUT2D eigenvalue weighted by atomic mass is 32.2. The number of non-ortho nitro benzene ring substituents is 2. The van der Waals surface area contributed by atoms with Crippen LogP contribution in [0.1, 0.15) is 60.8 Å². The van der Waals surface area contributed by atoms with Crippen LogP contribution in [-0.4, -0.2) is 23.8 Å². The van der Waals surface area contributed by atoms with E-state index in [9.17, 15) is 46.4 Å². The maximum absolute atomic E-state index is 14.6. The Bertz CT molecular complexity index is 2150. The normalized spacial score (nSPS) is 23.1. The number of nitro benzene ring substituents is 2. The number of allylic oxidation sites excluding steroid dienone is 3. The van der Waals surface area contributed by atoms with Crippen molar-refractivity contribution in [3.05, 3.63) is 109 Å². The summed E-state index contributed by atoms with van der Waals surface area (Å²) in [5, 5.41) is 22.9. The average Bonchev–Trinajstić information content (AvgIpc) is 3.21. The summed E-state index contributed by atoms with van der Waals surface area (Å²) in [5.41, 5.74) is -2.40. The summed E-state index contributed by atoms with van der Waals surface area (Å²) < 4.78 is 94.3. The number of nitro groups is 2. The molecule has 0 spiro atoms. The maximum Gasteiger partial charge on any atom is 0.526 e. The Hall–Kier alpha value is -4.53. The molecule has 262 valence electrons. The van der Waals surface area contributed by atoms with Crippen LogP contribution in [0.4, 0.5) is 24.5 Å². The van der Waals surface area contributed by atoms with E-state index in [2.05, 4.69) is 0 Å². The van der Waals surface area contributed by atoms with Crippen molar-refractivity contribution in [1.29, 1.82) is 0 Å². The van der Waals surface area contributed by atoms with E-state index in [0.717, 1.165) is 43.2 Å². The molecule has 3 unspecified atom stereocenters. The summed E-state index contributed by atoms with van der Waals surface area (Å²) in [6, 6.07) is 12.5. The molecule has 0 aromatic heterocycles. The molecule has 1 heterocycles. The number of fused-ring (bicyclic) bond motifs is 6. The third kappa shape index (κ3) is 5.98. The van der Waals surface area contributed by atoms with Crippen LogP contribution in [0.5, 0.6) is 5.75 Å². The lowest BCUT2D eigenvalue weighted by Crippen LogP contribution is -2.36. The van der Waals surface area contributed by atoms with Crippen molar-refractivity contribution in [3.8, 4) is 16.9 Å². The first-order valence-electron chi connectivity index (χ1n) is 15.9. The number of benzene rings is 3. The predicted octanol–water partition coefficient (Wildman–Crippen LogP) is 8.62. The molecule has 3 aromatic carbocycles. The molecule has 50 heavy (non-hydrogen) atoms. The molecule has 17 heteroatoms. The van der Waals surface area contributed by atoms with E-state index in [0.29, 0.717) is 41.5 Å². The van der Waals surface area contributed by atoms with Crippen molar-refractivity contribution in [3.63, 3.8) is 0 Å². The van der Waals surface area contributed by atoms with E-state index in [1.54, 1.807) is 6.07 Å². The molecular formula is C33H29F3N3O9PS. The number of halogens is 3. The van der Waals surface area contributed by atoms with Gasteiger partial charge in [0.2, 0.25) is 0 Å². The molecule has 3 atom stereocenters. The van der Waals surface area contributed by atoms with Crippen LogP contribution in [0.2, 0.25) is 0 Å². The van der Waals surface area contributed by atoms with Crippen LogP contribution in [0.3, 0.4) is 0 Å².